The molecule has 0 saturated heterocycles. The van der Waals surface area contributed by atoms with Crippen LogP contribution in [0.1, 0.15) is 16.7 Å². The summed E-state index contributed by atoms with van der Waals surface area (Å²) in [5.74, 6) is -1.98. The summed E-state index contributed by atoms with van der Waals surface area (Å²) in [5, 5.41) is 9.36. The fraction of sp³-hybridized carbons (Fsp3) is 0.0526. The first-order valence-electron chi connectivity index (χ1n) is 7.06. The fourth-order valence-electron chi connectivity index (χ4n) is 2.00. The topological polar surface area (TPSA) is 63.6 Å². The molecule has 0 bridgehead atoms. The van der Waals surface area contributed by atoms with Gasteiger partial charge in [0.15, 0.2) is 0 Å². The van der Waals surface area contributed by atoms with Crippen molar-refractivity contribution in [2.45, 2.75) is 0 Å². The number of carbonyl (C=O) groups excluding carboxylic acids is 1. The Labute approximate surface area is 138 Å². The maximum atomic E-state index is 13.0. The first kappa shape index (κ1) is 17.1. The van der Waals surface area contributed by atoms with Crippen LogP contribution in [0.4, 0.5) is 4.39 Å². The molecule has 0 atom stereocenters. The molecule has 0 aliphatic carbocycles. The number of benzene rings is 2. The van der Waals surface area contributed by atoms with Gasteiger partial charge in [0.25, 0.3) is 0 Å². The molecule has 0 heterocycles. The van der Waals surface area contributed by atoms with Gasteiger partial charge < -0.3 is 9.84 Å². The van der Waals surface area contributed by atoms with Crippen molar-refractivity contribution in [1.82, 2.24) is 0 Å². The second-order valence-corrected chi connectivity index (χ2v) is 4.89. The van der Waals surface area contributed by atoms with Gasteiger partial charge in [-0.05, 0) is 41.0 Å². The van der Waals surface area contributed by atoms with E-state index in [1.807, 2.05) is 0 Å². The van der Waals surface area contributed by atoms with Crippen LogP contribution in [0, 0.1) is 5.82 Å². The number of hydrogen-bond donors (Lipinski definition) is 1. The molecular formula is C19H15FO4. The smallest absolute Gasteiger partial charge is 0.336 e. The van der Waals surface area contributed by atoms with Crippen LogP contribution in [0.3, 0.4) is 0 Å². The number of carboxylic acid groups (broad SMARTS) is 1. The molecule has 2 aromatic rings. The van der Waals surface area contributed by atoms with Crippen molar-refractivity contribution in [2.24, 2.45) is 0 Å². The highest BCUT2D eigenvalue weighted by atomic mass is 19.1. The normalized spacial score (nSPS) is 11.5. The molecule has 4 nitrogen and oxygen atoms in total. The molecule has 0 aromatic heterocycles. The summed E-state index contributed by atoms with van der Waals surface area (Å²) in [6.07, 6.45) is 4.40. The zero-order chi connectivity index (χ0) is 17.5. The molecular weight excluding hydrogens is 311 g/mol. The monoisotopic (exact) mass is 326 g/mol. The molecule has 122 valence electrons. The van der Waals surface area contributed by atoms with E-state index in [0.717, 1.165) is 5.56 Å². The van der Waals surface area contributed by atoms with Crippen LogP contribution in [0.15, 0.2) is 54.6 Å². The van der Waals surface area contributed by atoms with Crippen molar-refractivity contribution < 1.29 is 23.8 Å². The molecule has 2 rings (SSSR count). The number of ether oxygens (including phenoxy) is 1. The maximum absolute atomic E-state index is 13.0. The van der Waals surface area contributed by atoms with Crippen LogP contribution in [0.25, 0.3) is 17.7 Å². The molecule has 0 aliphatic heterocycles. The van der Waals surface area contributed by atoms with E-state index < -0.39 is 17.8 Å². The van der Waals surface area contributed by atoms with Crippen LogP contribution in [-0.4, -0.2) is 24.2 Å². The summed E-state index contributed by atoms with van der Waals surface area (Å²) in [7, 11) is 1.30. The summed E-state index contributed by atoms with van der Waals surface area (Å²) in [6, 6.07) is 12.2. The van der Waals surface area contributed by atoms with Crippen LogP contribution in [-0.2, 0) is 14.3 Å². The van der Waals surface area contributed by atoms with Gasteiger partial charge in [0.05, 0.1) is 12.7 Å². The summed E-state index contributed by atoms with van der Waals surface area (Å²) in [6.45, 7) is 0. The van der Waals surface area contributed by atoms with Gasteiger partial charge in [-0.1, -0.05) is 36.4 Å². The molecule has 0 saturated carbocycles. The van der Waals surface area contributed by atoms with Gasteiger partial charge in [-0.2, -0.15) is 0 Å². The standard InChI is InChI=1S/C19H15FO4/c1-24-18(21)11-6-13-2-4-14(5-3-13)12-17(19(22)23)15-7-9-16(20)10-8-15/h2-12H,1H3,(H,22,23)/b11-6+,17-12+. The third-order valence-corrected chi connectivity index (χ3v) is 3.25. The number of carbonyl (C=O) groups is 2. The third-order valence-electron chi connectivity index (χ3n) is 3.25. The highest BCUT2D eigenvalue weighted by Gasteiger charge is 2.10. The minimum absolute atomic E-state index is 0.0628. The second kappa shape index (κ2) is 7.87. The van der Waals surface area contributed by atoms with E-state index in [4.69, 9.17) is 0 Å². The Bertz CT molecular complexity index is 787. The van der Waals surface area contributed by atoms with Crippen molar-refractivity contribution in [1.29, 1.82) is 0 Å². The number of carboxylic acids is 1. The first-order chi connectivity index (χ1) is 11.5. The predicted octanol–water partition coefficient (Wildman–Crippen LogP) is 3.64. The lowest BCUT2D eigenvalue weighted by Crippen LogP contribution is -1.99. The number of methoxy groups -OCH3 is 1. The van der Waals surface area contributed by atoms with Crippen LogP contribution in [0.2, 0.25) is 0 Å². The van der Waals surface area contributed by atoms with E-state index in [-0.39, 0.29) is 5.57 Å². The van der Waals surface area contributed by atoms with Crippen LogP contribution >= 0.6 is 0 Å². The lowest BCUT2D eigenvalue weighted by atomic mass is 10.0. The van der Waals surface area contributed by atoms with E-state index in [0.29, 0.717) is 11.1 Å². The Balaban J connectivity index is 2.27. The minimum atomic E-state index is -1.10. The van der Waals surface area contributed by atoms with E-state index in [2.05, 4.69) is 4.74 Å². The minimum Gasteiger partial charge on any atom is -0.478 e. The molecule has 2 aromatic carbocycles. The quantitative estimate of drug-likeness (QED) is 0.518. The number of aliphatic carboxylic acids is 1. The lowest BCUT2D eigenvalue weighted by molar-refractivity contribution is -0.134. The van der Waals surface area contributed by atoms with E-state index >= 15 is 0 Å². The molecule has 0 spiro atoms. The Kier molecular flexibility index (Phi) is 5.63. The van der Waals surface area contributed by atoms with Gasteiger partial charge in [-0.25, -0.2) is 14.0 Å². The Hall–Kier alpha value is -3.21. The Morgan fingerprint density at radius 3 is 2.12 bits per heavy atom. The summed E-state index contributed by atoms with van der Waals surface area (Å²) in [5.41, 5.74) is 1.93. The number of esters is 1. The van der Waals surface area contributed by atoms with Crippen LogP contribution in [0.5, 0.6) is 0 Å². The SMILES string of the molecule is COC(=O)/C=C/c1ccc(/C=C(/C(=O)O)c2ccc(F)cc2)cc1. The summed E-state index contributed by atoms with van der Waals surface area (Å²) < 4.78 is 17.5. The Morgan fingerprint density at radius 1 is 1.00 bits per heavy atom. The van der Waals surface area contributed by atoms with Crippen molar-refractivity contribution >= 4 is 29.7 Å². The molecule has 24 heavy (non-hydrogen) atoms. The molecule has 1 N–H and O–H groups in total. The molecule has 0 unspecified atom stereocenters. The second-order valence-electron chi connectivity index (χ2n) is 4.89. The van der Waals surface area contributed by atoms with Crippen molar-refractivity contribution in [3.05, 3.63) is 77.1 Å². The molecule has 0 radical (unpaired) electrons. The first-order valence-corrected chi connectivity index (χ1v) is 7.06. The number of halogens is 1. The Morgan fingerprint density at radius 2 is 1.58 bits per heavy atom. The third kappa shape index (κ3) is 4.64. The van der Waals surface area contributed by atoms with E-state index in [1.165, 1.54) is 43.5 Å². The summed E-state index contributed by atoms with van der Waals surface area (Å²) >= 11 is 0. The zero-order valence-electron chi connectivity index (χ0n) is 12.9. The van der Waals surface area contributed by atoms with Crippen molar-refractivity contribution in [3.63, 3.8) is 0 Å². The average molecular weight is 326 g/mol. The van der Waals surface area contributed by atoms with Gasteiger partial charge in [0.1, 0.15) is 5.82 Å². The molecule has 0 fully saturated rings. The average Bonchev–Trinajstić information content (AvgIpc) is 2.59. The van der Waals surface area contributed by atoms with E-state index in [9.17, 15) is 19.1 Å². The number of rotatable bonds is 5. The fourth-order valence-corrected chi connectivity index (χ4v) is 2.00. The highest BCUT2D eigenvalue weighted by Crippen LogP contribution is 2.19. The van der Waals surface area contributed by atoms with Crippen LogP contribution < -0.4 is 0 Å². The van der Waals surface area contributed by atoms with Gasteiger partial charge in [-0.15, -0.1) is 0 Å². The van der Waals surface area contributed by atoms with Gasteiger partial charge >= 0.3 is 11.9 Å². The lowest BCUT2D eigenvalue weighted by Gasteiger charge is -2.04. The molecule has 5 heteroatoms. The van der Waals surface area contributed by atoms with Gasteiger partial charge in [0, 0.05) is 6.08 Å². The molecule has 0 amide bonds. The van der Waals surface area contributed by atoms with Crippen molar-refractivity contribution in [3.8, 4) is 0 Å². The highest BCUT2D eigenvalue weighted by molar-refractivity contribution is 6.20. The summed E-state index contributed by atoms with van der Waals surface area (Å²) in [4.78, 5) is 22.5. The van der Waals surface area contributed by atoms with Crippen molar-refractivity contribution in [2.75, 3.05) is 7.11 Å². The maximum Gasteiger partial charge on any atom is 0.336 e. The van der Waals surface area contributed by atoms with Gasteiger partial charge in [0.2, 0.25) is 0 Å². The predicted molar refractivity (Wildman–Crippen MR) is 89.4 cm³/mol. The largest absolute Gasteiger partial charge is 0.478 e. The van der Waals surface area contributed by atoms with Gasteiger partial charge in [-0.3, -0.25) is 0 Å². The number of hydrogen-bond acceptors (Lipinski definition) is 3. The zero-order valence-corrected chi connectivity index (χ0v) is 12.9. The molecule has 0 aliphatic rings. The van der Waals surface area contributed by atoms with E-state index in [1.54, 1.807) is 30.3 Å².